The van der Waals surface area contributed by atoms with E-state index in [0.29, 0.717) is 13.1 Å². The van der Waals surface area contributed by atoms with Gasteiger partial charge in [0, 0.05) is 23.8 Å². The number of hydrogen-bond donors (Lipinski definition) is 1. The van der Waals surface area contributed by atoms with E-state index in [1.165, 1.54) is 12.1 Å². The van der Waals surface area contributed by atoms with Crippen LogP contribution < -0.4 is 10.1 Å². The van der Waals surface area contributed by atoms with E-state index >= 15 is 0 Å². The average molecular weight is 343 g/mol. The monoisotopic (exact) mass is 342 g/mol. The van der Waals surface area contributed by atoms with E-state index < -0.39 is 6.61 Å². The van der Waals surface area contributed by atoms with E-state index in [4.69, 9.17) is 0 Å². The van der Waals surface area contributed by atoms with Crippen molar-refractivity contribution in [3.63, 3.8) is 0 Å². The summed E-state index contributed by atoms with van der Waals surface area (Å²) < 4.78 is 29.2. The molecule has 0 amide bonds. The maximum atomic E-state index is 12.0. The molecule has 106 valence electrons. The van der Waals surface area contributed by atoms with Crippen LogP contribution in [0.15, 0.2) is 47.1 Å². The minimum absolute atomic E-state index is 0.165. The van der Waals surface area contributed by atoms with E-state index in [2.05, 4.69) is 31.0 Å². The Labute approximate surface area is 124 Å². The molecule has 0 unspecified atom stereocenters. The zero-order valence-corrected chi connectivity index (χ0v) is 12.1. The summed E-state index contributed by atoms with van der Waals surface area (Å²) >= 11 is 3.33. The van der Waals surface area contributed by atoms with Gasteiger partial charge in [0.25, 0.3) is 0 Å². The van der Waals surface area contributed by atoms with Gasteiger partial charge in [-0.25, -0.2) is 0 Å². The number of nitrogens with one attached hydrogen (secondary N) is 1. The highest BCUT2D eigenvalue weighted by atomic mass is 79.9. The van der Waals surface area contributed by atoms with Crippen molar-refractivity contribution in [3.05, 3.63) is 58.3 Å². The second-order valence-electron chi connectivity index (χ2n) is 4.09. The van der Waals surface area contributed by atoms with E-state index in [0.717, 1.165) is 15.7 Å². The molecular weight excluding hydrogens is 330 g/mol. The molecule has 1 aromatic carbocycles. The van der Waals surface area contributed by atoms with Crippen molar-refractivity contribution in [1.82, 2.24) is 10.3 Å². The number of hydrogen-bond acceptors (Lipinski definition) is 3. The highest BCUT2D eigenvalue weighted by molar-refractivity contribution is 9.10. The highest BCUT2D eigenvalue weighted by Crippen LogP contribution is 2.14. The fourth-order valence-electron chi connectivity index (χ4n) is 1.63. The SMILES string of the molecule is FC(F)Oc1ccc(CNCc2ccc(Br)cn2)cc1. The number of pyridine rings is 1. The van der Waals surface area contributed by atoms with Gasteiger partial charge >= 0.3 is 6.61 Å². The molecule has 2 aromatic rings. The Bertz CT molecular complexity index is 532. The van der Waals surface area contributed by atoms with Gasteiger partial charge in [-0.15, -0.1) is 0 Å². The van der Waals surface area contributed by atoms with Crippen molar-refractivity contribution in [2.24, 2.45) is 0 Å². The van der Waals surface area contributed by atoms with Crippen LogP contribution >= 0.6 is 15.9 Å². The Morgan fingerprint density at radius 2 is 1.85 bits per heavy atom. The third-order valence-electron chi connectivity index (χ3n) is 2.57. The van der Waals surface area contributed by atoms with Crippen molar-refractivity contribution in [2.75, 3.05) is 0 Å². The standard InChI is InChI=1S/C14H13BrF2N2O/c15-11-3-4-12(19-8-11)9-18-7-10-1-5-13(6-2-10)20-14(16)17/h1-6,8,14,18H,7,9H2. The smallest absolute Gasteiger partial charge is 0.387 e. The number of ether oxygens (including phenoxy) is 1. The van der Waals surface area contributed by atoms with Gasteiger partial charge in [-0.1, -0.05) is 12.1 Å². The average Bonchev–Trinajstić information content (AvgIpc) is 2.42. The molecule has 2 rings (SSSR count). The minimum Gasteiger partial charge on any atom is -0.435 e. The van der Waals surface area contributed by atoms with Crippen LogP contribution in [0.25, 0.3) is 0 Å². The third-order valence-corrected chi connectivity index (χ3v) is 3.04. The van der Waals surface area contributed by atoms with Crippen LogP contribution in [0, 0.1) is 0 Å². The van der Waals surface area contributed by atoms with Crippen molar-refractivity contribution < 1.29 is 13.5 Å². The number of alkyl halides is 2. The summed E-state index contributed by atoms with van der Waals surface area (Å²) in [6, 6.07) is 10.4. The zero-order chi connectivity index (χ0) is 14.4. The first-order chi connectivity index (χ1) is 9.63. The quantitative estimate of drug-likeness (QED) is 0.868. The van der Waals surface area contributed by atoms with Crippen molar-refractivity contribution >= 4 is 15.9 Å². The fourth-order valence-corrected chi connectivity index (χ4v) is 1.87. The molecule has 3 nitrogen and oxygen atoms in total. The van der Waals surface area contributed by atoms with Crippen LogP contribution in [0.5, 0.6) is 5.75 Å². The molecule has 0 bridgehead atoms. The Hall–Kier alpha value is -1.53. The molecule has 0 aliphatic heterocycles. The molecular formula is C14H13BrF2N2O. The van der Waals surface area contributed by atoms with Gasteiger partial charge in [-0.3, -0.25) is 4.98 Å². The van der Waals surface area contributed by atoms with Crippen LogP contribution in [0.1, 0.15) is 11.3 Å². The molecule has 6 heteroatoms. The normalized spacial score (nSPS) is 10.8. The maximum absolute atomic E-state index is 12.0. The summed E-state index contributed by atoms with van der Waals surface area (Å²) in [5.74, 6) is 0.165. The lowest BCUT2D eigenvalue weighted by atomic mass is 10.2. The Morgan fingerprint density at radius 3 is 2.45 bits per heavy atom. The van der Waals surface area contributed by atoms with E-state index in [1.807, 2.05) is 12.1 Å². The molecule has 0 aliphatic carbocycles. The molecule has 0 aliphatic rings. The second kappa shape index (κ2) is 7.31. The molecule has 1 aromatic heterocycles. The largest absolute Gasteiger partial charge is 0.435 e. The highest BCUT2D eigenvalue weighted by Gasteiger charge is 2.03. The fraction of sp³-hybridized carbons (Fsp3) is 0.214. The first-order valence-electron chi connectivity index (χ1n) is 5.98. The summed E-state index contributed by atoms with van der Waals surface area (Å²) in [6.07, 6.45) is 1.74. The lowest BCUT2D eigenvalue weighted by Crippen LogP contribution is -2.13. The lowest BCUT2D eigenvalue weighted by molar-refractivity contribution is -0.0498. The van der Waals surface area contributed by atoms with E-state index in [-0.39, 0.29) is 5.75 Å². The first kappa shape index (κ1) is 14.9. The molecule has 1 N–H and O–H groups in total. The Kier molecular flexibility index (Phi) is 5.43. The summed E-state index contributed by atoms with van der Waals surface area (Å²) in [4.78, 5) is 4.24. The molecule has 0 saturated carbocycles. The number of aromatic nitrogens is 1. The predicted molar refractivity (Wildman–Crippen MR) is 75.6 cm³/mol. The van der Waals surface area contributed by atoms with Crippen molar-refractivity contribution in [1.29, 1.82) is 0 Å². The Balaban J connectivity index is 1.80. The van der Waals surface area contributed by atoms with Crippen molar-refractivity contribution in [2.45, 2.75) is 19.7 Å². The molecule has 0 saturated heterocycles. The van der Waals surface area contributed by atoms with E-state index in [1.54, 1.807) is 18.3 Å². The summed E-state index contributed by atoms with van der Waals surface area (Å²) in [7, 11) is 0. The van der Waals surface area contributed by atoms with Gasteiger partial charge in [0.1, 0.15) is 5.75 Å². The molecule has 0 spiro atoms. The number of halogens is 3. The predicted octanol–water partition coefficient (Wildman–Crippen LogP) is 3.74. The van der Waals surface area contributed by atoms with Gasteiger partial charge in [-0.2, -0.15) is 8.78 Å². The van der Waals surface area contributed by atoms with Gasteiger partial charge in [0.15, 0.2) is 0 Å². The summed E-state index contributed by atoms with van der Waals surface area (Å²) in [5.41, 5.74) is 1.93. The summed E-state index contributed by atoms with van der Waals surface area (Å²) in [6.45, 7) is -1.52. The van der Waals surface area contributed by atoms with Crippen LogP contribution in [0.3, 0.4) is 0 Å². The number of nitrogens with zero attached hydrogens (tertiary/aromatic N) is 1. The van der Waals surface area contributed by atoms with E-state index in [9.17, 15) is 8.78 Å². The van der Waals surface area contributed by atoms with Crippen LogP contribution in [-0.4, -0.2) is 11.6 Å². The molecule has 0 atom stereocenters. The van der Waals surface area contributed by atoms with Crippen LogP contribution in [-0.2, 0) is 13.1 Å². The topological polar surface area (TPSA) is 34.1 Å². The molecule has 20 heavy (non-hydrogen) atoms. The van der Waals surface area contributed by atoms with Gasteiger partial charge in [0.05, 0.1) is 5.69 Å². The van der Waals surface area contributed by atoms with Gasteiger partial charge in [0.2, 0.25) is 0 Å². The van der Waals surface area contributed by atoms with Crippen LogP contribution in [0.2, 0.25) is 0 Å². The van der Waals surface area contributed by atoms with Crippen LogP contribution in [0.4, 0.5) is 8.78 Å². The molecule has 0 radical (unpaired) electrons. The summed E-state index contributed by atoms with van der Waals surface area (Å²) in [5, 5.41) is 3.23. The zero-order valence-electron chi connectivity index (χ0n) is 10.5. The number of benzene rings is 1. The van der Waals surface area contributed by atoms with Gasteiger partial charge < -0.3 is 10.1 Å². The van der Waals surface area contributed by atoms with Gasteiger partial charge in [-0.05, 0) is 45.8 Å². The lowest BCUT2D eigenvalue weighted by Gasteiger charge is -2.07. The minimum atomic E-state index is -2.79. The maximum Gasteiger partial charge on any atom is 0.387 e. The number of rotatable bonds is 6. The first-order valence-corrected chi connectivity index (χ1v) is 6.77. The second-order valence-corrected chi connectivity index (χ2v) is 5.01. The molecule has 1 heterocycles. The Morgan fingerprint density at radius 1 is 1.10 bits per heavy atom. The van der Waals surface area contributed by atoms with Crippen molar-refractivity contribution in [3.8, 4) is 5.75 Å². The molecule has 0 fully saturated rings. The third kappa shape index (κ3) is 4.86.